The first-order chi connectivity index (χ1) is 7.69. The van der Waals surface area contributed by atoms with Gasteiger partial charge < -0.3 is 4.98 Å². The first kappa shape index (κ1) is 12.0. The van der Waals surface area contributed by atoms with Crippen LogP contribution in [-0.2, 0) is 0 Å². The average molecular weight is 213 g/mol. The molecular weight excluding hydrogens is 198 g/mol. The topological polar surface area (TPSA) is 32.9 Å². The minimum atomic E-state index is -0.0424. The first-order valence-corrected chi connectivity index (χ1v) is 4.99. The van der Waals surface area contributed by atoms with Crippen LogP contribution in [0, 0.1) is 0 Å². The first-order valence-electron chi connectivity index (χ1n) is 4.99. The summed E-state index contributed by atoms with van der Waals surface area (Å²) in [6.45, 7) is 12.8. The van der Waals surface area contributed by atoms with Crippen LogP contribution in [0.25, 0.3) is 24.3 Å². The maximum atomic E-state index is 12.1. The highest BCUT2D eigenvalue weighted by Gasteiger charge is 2.03. The molecule has 0 aliphatic heterocycles. The Morgan fingerprint density at radius 3 is 2.31 bits per heavy atom. The molecule has 2 heteroatoms. The summed E-state index contributed by atoms with van der Waals surface area (Å²) < 4.78 is 0. The van der Waals surface area contributed by atoms with E-state index >= 15 is 0 Å². The predicted molar refractivity (Wildman–Crippen MR) is 71.3 cm³/mol. The lowest BCUT2D eigenvalue weighted by molar-refractivity contribution is 1.16. The second-order valence-electron chi connectivity index (χ2n) is 3.21. The molecule has 0 amide bonds. The van der Waals surface area contributed by atoms with Crippen LogP contribution in [0.4, 0.5) is 0 Å². The second-order valence-corrected chi connectivity index (χ2v) is 3.21. The normalized spacial score (nSPS) is 12.6. The van der Waals surface area contributed by atoms with Crippen molar-refractivity contribution in [3.05, 3.63) is 57.9 Å². The van der Waals surface area contributed by atoms with Crippen LogP contribution < -0.4 is 16.0 Å². The molecule has 0 atom stereocenters. The van der Waals surface area contributed by atoms with Gasteiger partial charge in [0, 0.05) is 21.8 Å². The largest absolute Gasteiger partial charge is 0.354 e. The van der Waals surface area contributed by atoms with Gasteiger partial charge in [0.1, 0.15) is 0 Å². The van der Waals surface area contributed by atoms with Crippen molar-refractivity contribution in [1.29, 1.82) is 0 Å². The summed E-state index contributed by atoms with van der Waals surface area (Å²) in [6.07, 6.45) is 8.32. The Morgan fingerprint density at radius 2 is 1.88 bits per heavy atom. The average Bonchev–Trinajstić information content (AvgIpc) is 2.29. The summed E-state index contributed by atoms with van der Waals surface area (Å²) in [5.74, 6) is 0. The van der Waals surface area contributed by atoms with Gasteiger partial charge in [-0.05, 0) is 19.1 Å². The Hall–Kier alpha value is -2.09. The van der Waals surface area contributed by atoms with E-state index in [1.807, 2.05) is 6.92 Å². The number of allylic oxidation sites excluding steroid dienone is 1. The third-order valence-corrected chi connectivity index (χ3v) is 2.32. The fourth-order valence-corrected chi connectivity index (χ4v) is 1.57. The molecule has 0 aliphatic carbocycles. The van der Waals surface area contributed by atoms with Crippen LogP contribution in [0.2, 0.25) is 0 Å². The van der Waals surface area contributed by atoms with Crippen molar-refractivity contribution in [2.45, 2.75) is 6.92 Å². The Kier molecular flexibility index (Phi) is 3.84. The molecular formula is C14H15NO. The number of rotatable bonds is 3. The number of aromatic amines is 1. The molecule has 1 rings (SSSR count). The van der Waals surface area contributed by atoms with E-state index in [1.54, 1.807) is 30.4 Å². The molecule has 2 nitrogen and oxygen atoms in total. The minimum Gasteiger partial charge on any atom is -0.354 e. The number of hydrogen-bond acceptors (Lipinski definition) is 1. The number of pyridine rings is 1. The third-order valence-electron chi connectivity index (χ3n) is 2.32. The van der Waals surface area contributed by atoms with Gasteiger partial charge in [-0.3, -0.25) is 4.79 Å². The predicted octanol–water partition coefficient (Wildman–Crippen LogP) is 1.43. The van der Waals surface area contributed by atoms with Crippen molar-refractivity contribution < 1.29 is 0 Å². The fourth-order valence-electron chi connectivity index (χ4n) is 1.57. The van der Waals surface area contributed by atoms with Gasteiger partial charge in [-0.1, -0.05) is 38.0 Å². The van der Waals surface area contributed by atoms with E-state index in [0.717, 1.165) is 5.35 Å². The van der Waals surface area contributed by atoms with Crippen LogP contribution in [0.5, 0.6) is 0 Å². The molecule has 0 radical (unpaired) electrons. The molecule has 0 bridgehead atoms. The zero-order chi connectivity index (χ0) is 12.1. The van der Waals surface area contributed by atoms with Crippen LogP contribution in [0.15, 0.2) is 30.6 Å². The molecule has 1 N–H and O–H groups in total. The van der Waals surface area contributed by atoms with Gasteiger partial charge >= 0.3 is 0 Å². The Bertz CT molecular complexity index is 603. The Morgan fingerprint density at radius 1 is 1.19 bits per heavy atom. The number of aromatic nitrogens is 1. The highest BCUT2D eigenvalue weighted by molar-refractivity contribution is 5.61. The molecule has 0 fully saturated rings. The SMILES string of the molecule is C=C/C=c1/[nH]c(C=C)c(C=C)c(=O)/c1=C/C. The standard InChI is InChI=1S/C14H15NO/c1-5-9-13-11(7-3)14(16)10(6-2)12(8-4)15-13/h5-9,15H,1-2,4H2,3H3/b11-7+,13-9+. The second kappa shape index (κ2) is 5.12. The fraction of sp³-hybridized carbons (Fsp3) is 0.0714. The van der Waals surface area contributed by atoms with Crippen LogP contribution in [-0.4, -0.2) is 4.98 Å². The van der Waals surface area contributed by atoms with Crippen LogP contribution >= 0.6 is 0 Å². The zero-order valence-electron chi connectivity index (χ0n) is 9.42. The lowest BCUT2D eigenvalue weighted by atomic mass is 10.1. The van der Waals surface area contributed by atoms with E-state index < -0.39 is 0 Å². The van der Waals surface area contributed by atoms with Gasteiger partial charge in [0.05, 0.1) is 0 Å². The van der Waals surface area contributed by atoms with Gasteiger partial charge in [-0.15, -0.1) is 0 Å². The summed E-state index contributed by atoms with van der Waals surface area (Å²) in [6, 6.07) is 0. The molecule has 0 saturated carbocycles. The van der Waals surface area contributed by atoms with E-state index in [-0.39, 0.29) is 5.43 Å². The molecule has 1 aromatic rings. The van der Waals surface area contributed by atoms with E-state index in [9.17, 15) is 4.79 Å². The zero-order valence-corrected chi connectivity index (χ0v) is 9.42. The monoisotopic (exact) mass is 213 g/mol. The molecule has 0 saturated heterocycles. The van der Waals surface area contributed by atoms with E-state index in [0.29, 0.717) is 16.5 Å². The highest BCUT2D eigenvalue weighted by Crippen LogP contribution is 1.99. The maximum absolute atomic E-state index is 12.1. The lowest BCUT2D eigenvalue weighted by Crippen LogP contribution is -2.42. The van der Waals surface area contributed by atoms with Gasteiger partial charge in [0.15, 0.2) is 5.43 Å². The Balaban J connectivity index is 3.99. The maximum Gasteiger partial charge on any atom is 0.196 e. The molecule has 0 unspecified atom stereocenters. The summed E-state index contributed by atoms with van der Waals surface area (Å²) in [7, 11) is 0. The van der Waals surface area contributed by atoms with Crippen LogP contribution in [0.3, 0.4) is 0 Å². The molecule has 1 heterocycles. The van der Waals surface area contributed by atoms with Crippen molar-refractivity contribution in [3.8, 4) is 0 Å². The molecule has 0 aromatic carbocycles. The quantitative estimate of drug-likeness (QED) is 0.809. The van der Waals surface area contributed by atoms with Gasteiger partial charge in [0.2, 0.25) is 0 Å². The molecule has 16 heavy (non-hydrogen) atoms. The van der Waals surface area contributed by atoms with Gasteiger partial charge in [-0.25, -0.2) is 0 Å². The van der Waals surface area contributed by atoms with E-state index in [2.05, 4.69) is 24.7 Å². The van der Waals surface area contributed by atoms with Gasteiger partial charge in [-0.2, -0.15) is 0 Å². The van der Waals surface area contributed by atoms with Crippen molar-refractivity contribution in [3.63, 3.8) is 0 Å². The highest BCUT2D eigenvalue weighted by atomic mass is 16.1. The number of H-pyrrole nitrogens is 1. The van der Waals surface area contributed by atoms with Crippen molar-refractivity contribution in [1.82, 2.24) is 4.98 Å². The number of hydrogen-bond donors (Lipinski definition) is 1. The molecule has 82 valence electrons. The summed E-state index contributed by atoms with van der Waals surface area (Å²) in [5.41, 5.74) is 1.18. The minimum absolute atomic E-state index is 0.0424. The Labute approximate surface area is 94.6 Å². The number of nitrogens with one attached hydrogen (secondary N) is 1. The van der Waals surface area contributed by atoms with Crippen molar-refractivity contribution >= 4 is 24.3 Å². The van der Waals surface area contributed by atoms with E-state index in [4.69, 9.17) is 0 Å². The molecule has 0 spiro atoms. The van der Waals surface area contributed by atoms with Crippen molar-refractivity contribution in [2.75, 3.05) is 0 Å². The van der Waals surface area contributed by atoms with Gasteiger partial charge in [0.25, 0.3) is 0 Å². The summed E-state index contributed by atoms with van der Waals surface area (Å²) in [5, 5.41) is 1.36. The summed E-state index contributed by atoms with van der Waals surface area (Å²) >= 11 is 0. The smallest absolute Gasteiger partial charge is 0.196 e. The van der Waals surface area contributed by atoms with Crippen LogP contribution in [0.1, 0.15) is 18.2 Å². The van der Waals surface area contributed by atoms with E-state index in [1.165, 1.54) is 0 Å². The third kappa shape index (κ3) is 1.96. The summed E-state index contributed by atoms with van der Waals surface area (Å²) in [4.78, 5) is 15.2. The lowest BCUT2D eigenvalue weighted by Gasteiger charge is -2.01. The molecule has 0 aliphatic rings. The van der Waals surface area contributed by atoms with Crippen molar-refractivity contribution in [2.24, 2.45) is 0 Å². The molecule has 1 aromatic heterocycles.